The number of carbonyl (C=O) groups excluding carboxylic acids is 2. The Morgan fingerprint density at radius 2 is 1.81 bits per heavy atom. The first-order chi connectivity index (χ1) is 12.8. The Bertz CT molecular complexity index is 993. The van der Waals surface area contributed by atoms with Crippen LogP contribution in [0.2, 0.25) is 10.0 Å². The molecule has 0 unspecified atom stereocenters. The molecule has 2 aliphatic heterocycles. The maximum Gasteiger partial charge on any atom is 0.265 e. The topological polar surface area (TPSA) is 96.0 Å². The van der Waals surface area contributed by atoms with Crippen LogP contribution < -0.4 is 10.6 Å². The van der Waals surface area contributed by atoms with Gasteiger partial charge in [-0.1, -0.05) is 59.2 Å². The number of aliphatic imine (C=N–C) groups is 1. The van der Waals surface area contributed by atoms with Gasteiger partial charge in [0.2, 0.25) is 0 Å². The number of amidine groups is 1. The fourth-order valence-corrected chi connectivity index (χ4v) is 4.80. The Balaban J connectivity index is 1.80. The largest absolute Gasteiger partial charge is 0.378 e. The van der Waals surface area contributed by atoms with Crippen molar-refractivity contribution in [1.82, 2.24) is 0 Å². The van der Waals surface area contributed by atoms with Crippen LogP contribution in [-0.4, -0.2) is 27.3 Å². The number of nitrogens with two attached hydrogens (primary N) is 1. The molecule has 0 radical (unpaired) electrons. The number of rotatable bonds is 3. The molecule has 0 bridgehead atoms. The number of para-hydroxylation sites is 1. The first-order valence-corrected chi connectivity index (χ1v) is 9.59. The number of hydrogen-bond acceptors (Lipinski definition) is 5. The summed E-state index contributed by atoms with van der Waals surface area (Å²) in [5.41, 5.74) is 4.92. The van der Waals surface area contributed by atoms with Gasteiger partial charge in [-0.05, 0) is 18.2 Å². The van der Waals surface area contributed by atoms with Gasteiger partial charge < -0.3 is 15.7 Å². The molecule has 0 saturated heterocycles. The van der Waals surface area contributed by atoms with Gasteiger partial charge in [-0.15, -0.1) is 0 Å². The molecule has 2 aliphatic rings. The van der Waals surface area contributed by atoms with Crippen LogP contribution in [0, 0.1) is 0 Å². The highest BCUT2D eigenvalue weighted by molar-refractivity contribution is 8.15. The molecule has 2 aromatic carbocycles. The summed E-state index contributed by atoms with van der Waals surface area (Å²) in [6, 6.07) is 11.8. The first kappa shape index (κ1) is 18.3. The van der Waals surface area contributed by atoms with Crippen molar-refractivity contribution < 1.29 is 14.7 Å². The maximum absolute atomic E-state index is 13.3. The van der Waals surface area contributed by atoms with Gasteiger partial charge >= 0.3 is 0 Å². The summed E-state index contributed by atoms with van der Waals surface area (Å²) in [4.78, 5) is 30.6. The van der Waals surface area contributed by atoms with Crippen molar-refractivity contribution >= 4 is 57.6 Å². The van der Waals surface area contributed by atoms with E-state index in [1.54, 1.807) is 42.5 Å². The molecule has 0 aliphatic carbocycles. The van der Waals surface area contributed by atoms with Crippen LogP contribution in [0.1, 0.15) is 11.1 Å². The minimum Gasteiger partial charge on any atom is -0.378 e. The lowest BCUT2D eigenvalue weighted by Crippen LogP contribution is -2.49. The second kappa shape index (κ2) is 6.53. The smallest absolute Gasteiger partial charge is 0.265 e. The molecule has 138 valence electrons. The third-order valence-corrected chi connectivity index (χ3v) is 6.44. The van der Waals surface area contributed by atoms with Crippen LogP contribution in [0.15, 0.2) is 47.5 Å². The van der Waals surface area contributed by atoms with E-state index in [2.05, 4.69) is 4.99 Å². The summed E-state index contributed by atoms with van der Waals surface area (Å²) in [6.07, 6.45) is 0. The van der Waals surface area contributed by atoms with E-state index in [0.29, 0.717) is 26.9 Å². The number of halogens is 2. The lowest BCUT2D eigenvalue weighted by Gasteiger charge is -2.27. The summed E-state index contributed by atoms with van der Waals surface area (Å²) in [5.74, 6) is -1.28. The zero-order chi connectivity index (χ0) is 19.3. The molecule has 0 fully saturated rings. The van der Waals surface area contributed by atoms with Crippen LogP contribution in [0.3, 0.4) is 0 Å². The molecule has 2 amide bonds. The van der Waals surface area contributed by atoms with Gasteiger partial charge in [0.15, 0.2) is 10.8 Å². The molecule has 27 heavy (non-hydrogen) atoms. The van der Waals surface area contributed by atoms with Gasteiger partial charge in [-0.25, -0.2) is 0 Å². The highest BCUT2D eigenvalue weighted by Crippen LogP contribution is 2.48. The summed E-state index contributed by atoms with van der Waals surface area (Å²) < 4.78 is 0. The predicted octanol–water partition coefficient (Wildman–Crippen LogP) is 2.68. The molecule has 2 atom stereocenters. The maximum atomic E-state index is 13.3. The second-order valence-electron chi connectivity index (χ2n) is 6.16. The van der Waals surface area contributed by atoms with Gasteiger partial charge in [0, 0.05) is 21.2 Å². The molecule has 3 N–H and O–H groups in total. The standard InChI is InChI=1S/C18H13Cl2N3O3S/c19-11-5-3-6-12(20)9(11)8-23-13-7-2-1-4-10(13)18(26,16(23)25)14-15(24)22-17(21)27-14/h1-7,14,26H,8H2,(H2,21,22,24)/t14-,18+/m1/s1. The zero-order valence-corrected chi connectivity index (χ0v) is 16.1. The molecule has 0 spiro atoms. The molecule has 2 aromatic rings. The number of fused-ring (bicyclic) bond motifs is 1. The number of benzene rings is 2. The number of carbonyl (C=O) groups is 2. The van der Waals surface area contributed by atoms with Crippen LogP contribution in [0.5, 0.6) is 0 Å². The van der Waals surface area contributed by atoms with Crippen molar-refractivity contribution in [2.45, 2.75) is 17.4 Å². The van der Waals surface area contributed by atoms with Gasteiger partial charge in [0.1, 0.15) is 5.25 Å². The third-order valence-electron chi connectivity index (χ3n) is 4.62. The van der Waals surface area contributed by atoms with Crippen LogP contribution in [0.25, 0.3) is 0 Å². The van der Waals surface area contributed by atoms with Crippen molar-refractivity contribution in [2.24, 2.45) is 10.7 Å². The average molecular weight is 422 g/mol. The van der Waals surface area contributed by atoms with Crippen molar-refractivity contribution in [3.05, 3.63) is 63.6 Å². The summed E-state index contributed by atoms with van der Waals surface area (Å²) in [7, 11) is 0. The van der Waals surface area contributed by atoms with E-state index >= 15 is 0 Å². The van der Waals surface area contributed by atoms with E-state index < -0.39 is 22.7 Å². The van der Waals surface area contributed by atoms with Crippen LogP contribution in [0.4, 0.5) is 5.69 Å². The summed E-state index contributed by atoms with van der Waals surface area (Å²) in [6.45, 7) is 0.0541. The quantitative estimate of drug-likeness (QED) is 0.793. The number of thioether (sulfide) groups is 1. The lowest BCUT2D eigenvalue weighted by molar-refractivity contribution is -0.140. The number of nitrogens with zero attached hydrogens (tertiary/aromatic N) is 2. The fraction of sp³-hybridized carbons (Fsp3) is 0.167. The number of amides is 2. The molecule has 9 heteroatoms. The molecule has 6 nitrogen and oxygen atoms in total. The normalized spacial score (nSPS) is 24.3. The third kappa shape index (κ3) is 2.73. The van der Waals surface area contributed by atoms with Gasteiger partial charge in [-0.2, -0.15) is 4.99 Å². The van der Waals surface area contributed by atoms with Gasteiger partial charge in [-0.3, -0.25) is 9.59 Å². The van der Waals surface area contributed by atoms with E-state index in [0.717, 1.165) is 11.8 Å². The summed E-state index contributed by atoms with van der Waals surface area (Å²) in [5, 5.41) is 11.1. The molecule has 2 heterocycles. The van der Waals surface area contributed by atoms with Crippen molar-refractivity contribution in [3.8, 4) is 0 Å². The van der Waals surface area contributed by atoms with E-state index in [1.807, 2.05) is 0 Å². The first-order valence-electron chi connectivity index (χ1n) is 7.95. The Hall–Kier alpha value is -2.06. The Morgan fingerprint density at radius 3 is 2.44 bits per heavy atom. The number of aliphatic hydroxyl groups is 1. The van der Waals surface area contributed by atoms with Gasteiger partial charge in [0.25, 0.3) is 11.8 Å². The summed E-state index contributed by atoms with van der Waals surface area (Å²) >= 11 is 13.4. The number of anilines is 1. The SMILES string of the molecule is NC1=NC(=O)[C@H]([C@]2(O)C(=O)N(Cc3c(Cl)cccc3Cl)c3ccccc32)S1. The zero-order valence-electron chi connectivity index (χ0n) is 13.7. The lowest BCUT2D eigenvalue weighted by atomic mass is 9.91. The van der Waals surface area contributed by atoms with Crippen molar-refractivity contribution in [2.75, 3.05) is 4.90 Å². The van der Waals surface area contributed by atoms with E-state index in [-0.39, 0.29) is 11.7 Å². The molecule has 0 saturated carbocycles. The molecule has 0 aromatic heterocycles. The molecular weight excluding hydrogens is 409 g/mol. The van der Waals surface area contributed by atoms with E-state index in [4.69, 9.17) is 28.9 Å². The predicted molar refractivity (Wildman–Crippen MR) is 106 cm³/mol. The second-order valence-corrected chi connectivity index (χ2v) is 8.10. The van der Waals surface area contributed by atoms with E-state index in [1.165, 1.54) is 4.90 Å². The minimum atomic E-state index is -2.07. The van der Waals surface area contributed by atoms with Crippen LogP contribution in [-0.2, 0) is 21.7 Å². The Morgan fingerprint density at radius 1 is 1.15 bits per heavy atom. The monoisotopic (exact) mass is 421 g/mol. The van der Waals surface area contributed by atoms with E-state index in [9.17, 15) is 14.7 Å². The highest BCUT2D eigenvalue weighted by atomic mass is 35.5. The number of hydrogen-bond donors (Lipinski definition) is 2. The fourth-order valence-electron chi connectivity index (χ4n) is 3.34. The minimum absolute atomic E-state index is 0.0244. The van der Waals surface area contributed by atoms with Crippen molar-refractivity contribution in [3.63, 3.8) is 0 Å². The highest BCUT2D eigenvalue weighted by Gasteiger charge is 2.59. The molecular formula is C18H13Cl2N3O3S. The van der Waals surface area contributed by atoms with Gasteiger partial charge in [0.05, 0.1) is 12.2 Å². The molecule has 4 rings (SSSR count). The average Bonchev–Trinajstić information content (AvgIpc) is 3.08. The van der Waals surface area contributed by atoms with Crippen LogP contribution >= 0.6 is 35.0 Å². The van der Waals surface area contributed by atoms with Crippen molar-refractivity contribution in [1.29, 1.82) is 0 Å². The Kier molecular flexibility index (Phi) is 4.43. The Labute approximate surface area is 169 Å².